The molecule has 1 aliphatic heterocycles. The minimum absolute atomic E-state index is 0.576. The van der Waals surface area contributed by atoms with E-state index < -0.39 is 0 Å². The van der Waals surface area contributed by atoms with E-state index in [9.17, 15) is 0 Å². The molecule has 0 radical (unpaired) electrons. The van der Waals surface area contributed by atoms with Crippen molar-refractivity contribution in [1.29, 1.82) is 0 Å². The molecule has 0 spiro atoms. The molecule has 1 aromatic rings. The van der Waals surface area contributed by atoms with Gasteiger partial charge in [-0.3, -0.25) is 0 Å². The fraction of sp³-hybridized carbons (Fsp3) is 0.533. The maximum Gasteiger partial charge on any atom is 0.169 e. The van der Waals surface area contributed by atoms with E-state index in [2.05, 4.69) is 22.3 Å². The number of nitrogens with one attached hydrogen (secondary N) is 1. The number of benzene rings is 1. The first-order valence-electron chi connectivity index (χ1n) is 7.09. The molecule has 4 heteroatoms. The van der Waals surface area contributed by atoms with Gasteiger partial charge in [-0.15, -0.1) is 0 Å². The number of para-hydroxylation sites is 1. The lowest BCUT2D eigenvalue weighted by atomic mass is 10.2. The number of ether oxygens (including phenoxy) is 1. The van der Waals surface area contributed by atoms with Gasteiger partial charge >= 0.3 is 0 Å². The zero-order valence-corrected chi connectivity index (χ0v) is 11.9. The molecule has 1 saturated carbocycles. The van der Waals surface area contributed by atoms with E-state index in [0.29, 0.717) is 12.6 Å². The van der Waals surface area contributed by atoms with Gasteiger partial charge in [-0.25, -0.2) is 0 Å². The highest BCUT2D eigenvalue weighted by Crippen LogP contribution is 2.23. The van der Waals surface area contributed by atoms with Crippen LogP contribution in [0.15, 0.2) is 24.3 Å². The number of hydrogen-bond donors (Lipinski definition) is 1. The number of fused-ring (bicyclic) bond motifs is 1. The highest BCUT2D eigenvalue weighted by Gasteiger charge is 2.21. The largest absolute Gasteiger partial charge is 0.491 e. The van der Waals surface area contributed by atoms with Crippen LogP contribution in [0, 0.1) is 0 Å². The van der Waals surface area contributed by atoms with Gasteiger partial charge in [-0.2, -0.15) is 0 Å². The second-order valence-corrected chi connectivity index (χ2v) is 5.70. The van der Waals surface area contributed by atoms with Crippen LogP contribution in [0.25, 0.3) is 0 Å². The van der Waals surface area contributed by atoms with Crippen LogP contribution in [-0.4, -0.2) is 29.2 Å². The average Bonchev–Trinajstić information content (AvgIpc) is 2.82. The van der Waals surface area contributed by atoms with Gasteiger partial charge in [0.15, 0.2) is 5.11 Å². The summed E-state index contributed by atoms with van der Waals surface area (Å²) in [5.74, 6) is 0.994. The average molecular weight is 276 g/mol. The quantitative estimate of drug-likeness (QED) is 0.797. The Balaban J connectivity index is 1.66. The van der Waals surface area contributed by atoms with Gasteiger partial charge < -0.3 is 15.0 Å². The first kappa shape index (κ1) is 12.7. The molecular weight excluding hydrogens is 256 g/mol. The van der Waals surface area contributed by atoms with Gasteiger partial charge in [-0.1, -0.05) is 31.0 Å². The number of nitrogens with zero attached hydrogens (tertiary/aromatic N) is 1. The monoisotopic (exact) mass is 276 g/mol. The number of thiocarbonyl (C=S) groups is 1. The third kappa shape index (κ3) is 3.00. The Morgan fingerprint density at radius 3 is 2.89 bits per heavy atom. The molecule has 1 aromatic carbocycles. The lowest BCUT2D eigenvalue weighted by molar-refractivity contribution is 0.287. The van der Waals surface area contributed by atoms with Crippen molar-refractivity contribution in [3.63, 3.8) is 0 Å². The molecule has 2 aliphatic rings. The maximum atomic E-state index is 5.77. The van der Waals surface area contributed by atoms with E-state index in [1.54, 1.807) is 0 Å². The molecule has 0 saturated heterocycles. The lowest BCUT2D eigenvalue weighted by Gasteiger charge is -2.26. The fourth-order valence-corrected chi connectivity index (χ4v) is 3.16. The Labute approximate surface area is 119 Å². The molecule has 102 valence electrons. The van der Waals surface area contributed by atoms with Crippen molar-refractivity contribution in [3.8, 4) is 5.75 Å². The summed E-state index contributed by atoms with van der Waals surface area (Å²) in [6.07, 6.45) is 5.15. The summed E-state index contributed by atoms with van der Waals surface area (Å²) < 4.78 is 5.77. The van der Waals surface area contributed by atoms with E-state index >= 15 is 0 Å². The number of hydrogen-bond acceptors (Lipinski definition) is 2. The zero-order valence-electron chi connectivity index (χ0n) is 11.1. The molecule has 3 nitrogen and oxygen atoms in total. The summed E-state index contributed by atoms with van der Waals surface area (Å²) in [7, 11) is 0. The summed E-state index contributed by atoms with van der Waals surface area (Å²) in [6.45, 7) is 2.39. The first-order chi connectivity index (χ1) is 9.33. The van der Waals surface area contributed by atoms with Crippen molar-refractivity contribution in [2.45, 2.75) is 38.3 Å². The van der Waals surface area contributed by atoms with Gasteiger partial charge in [0.25, 0.3) is 0 Å². The van der Waals surface area contributed by atoms with Gasteiger partial charge in [0.1, 0.15) is 12.4 Å². The summed E-state index contributed by atoms with van der Waals surface area (Å²) in [5.41, 5.74) is 1.22. The summed E-state index contributed by atoms with van der Waals surface area (Å²) in [4.78, 5) is 2.22. The van der Waals surface area contributed by atoms with E-state index in [4.69, 9.17) is 17.0 Å². The molecule has 0 bridgehead atoms. The number of rotatable bonds is 1. The van der Waals surface area contributed by atoms with Crippen LogP contribution in [-0.2, 0) is 6.54 Å². The van der Waals surface area contributed by atoms with Gasteiger partial charge in [0.2, 0.25) is 0 Å². The standard InChI is InChI=1S/C15H20N2OS/c19-15(16-13-6-2-3-7-13)17-9-10-18-14-8-4-1-5-12(14)11-17/h1,4-5,8,13H,2-3,6-7,9-11H2,(H,16,19). The molecule has 1 heterocycles. The third-order valence-corrected chi connectivity index (χ3v) is 4.30. The summed E-state index contributed by atoms with van der Waals surface area (Å²) >= 11 is 5.56. The second kappa shape index (κ2) is 5.78. The molecule has 1 N–H and O–H groups in total. The molecule has 0 amide bonds. The molecule has 1 aliphatic carbocycles. The van der Waals surface area contributed by atoms with Crippen LogP contribution in [0.4, 0.5) is 0 Å². The smallest absolute Gasteiger partial charge is 0.169 e. The van der Waals surface area contributed by atoms with Crippen molar-refractivity contribution in [2.75, 3.05) is 13.2 Å². The highest BCUT2D eigenvalue weighted by atomic mass is 32.1. The van der Waals surface area contributed by atoms with Gasteiger partial charge in [0, 0.05) is 18.2 Å². The molecule has 0 aromatic heterocycles. The maximum absolute atomic E-state index is 5.77. The van der Waals surface area contributed by atoms with Crippen LogP contribution in [0.2, 0.25) is 0 Å². The lowest BCUT2D eigenvalue weighted by Crippen LogP contribution is -2.44. The Morgan fingerprint density at radius 1 is 1.26 bits per heavy atom. The Kier molecular flexibility index (Phi) is 3.87. The van der Waals surface area contributed by atoms with Crippen molar-refractivity contribution in [2.24, 2.45) is 0 Å². The molecule has 3 rings (SSSR count). The van der Waals surface area contributed by atoms with E-state index in [-0.39, 0.29) is 0 Å². The van der Waals surface area contributed by atoms with Crippen molar-refractivity contribution < 1.29 is 4.74 Å². The van der Waals surface area contributed by atoms with Crippen LogP contribution in [0.1, 0.15) is 31.2 Å². The minimum atomic E-state index is 0.576. The molecule has 1 fully saturated rings. The van der Waals surface area contributed by atoms with E-state index in [0.717, 1.165) is 24.0 Å². The molecule has 0 unspecified atom stereocenters. The zero-order chi connectivity index (χ0) is 13.1. The van der Waals surface area contributed by atoms with E-state index in [1.165, 1.54) is 31.2 Å². The van der Waals surface area contributed by atoms with Crippen molar-refractivity contribution >= 4 is 17.3 Å². The topological polar surface area (TPSA) is 24.5 Å². The Hall–Kier alpha value is -1.29. The van der Waals surface area contributed by atoms with Crippen LogP contribution >= 0.6 is 12.2 Å². The first-order valence-corrected chi connectivity index (χ1v) is 7.50. The SMILES string of the molecule is S=C(NC1CCCC1)N1CCOc2ccccc2C1. The molecule has 0 atom stereocenters. The highest BCUT2D eigenvalue weighted by molar-refractivity contribution is 7.80. The van der Waals surface area contributed by atoms with Crippen LogP contribution in [0.3, 0.4) is 0 Å². The van der Waals surface area contributed by atoms with Gasteiger partial charge in [0.05, 0.1) is 6.54 Å². The minimum Gasteiger partial charge on any atom is -0.491 e. The Bertz CT molecular complexity index is 457. The third-order valence-electron chi connectivity index (χ3n) is 3.92. The van der Waals surface area contributed by atoms with Crippen molar-refractivity contribution in [3.05, 3.63) is 29.8 Å². The summed E-state index contributed by atoms with van der Waals surface area (Å²) in [5, 5.41) is 4.39. The second-order valence-electron chi connectivity index (χ2n) is 5.31. The van der Waals surface area contributed by atoms with E-state index in [1.807, 2.05) is 12.1 Å². The normalized spacial score (nSPS) is 19.5. The van der Waals surface area contributed by atoms with Crippen LogP contribution in [0.5, 0.6) is 5.75 Å². The fourth-order valence-electron chi connectivity index (χ4n) is 2.84. The van der Waals surface area contributed by atoms with Gasteiger partial charge in [-0.05, 0) is 31.1 Å². The van der Waals surface area contributed by atoms with Crippen LogP contribution < -0.4 is 10.1 Å². The predicted octanol–water partition coefficient (Wildman–Crippen LogP) is 2.70. The van der Waals surface area contributed by atoms with Crippen molar-refractivity contribution in [1.82, 2.24) is 10.2 Å². The predicted molar refractivity (Wildman–Crippen MR) is 80.3 cm³/mol. The summed E-state index contributed by atoms with van der Waals surface area (Å²) in [6, 6.07) is 8.80. The Morgan fingerprint density at radius 2 is 2.05 bits per heavy atom. The molecular formula is C15H20N2OS. The molecule has 19 heavy (non-hydrogen) atoms.